The molecule has 3 nitrogen and oxygen atoms in total. The zero-order valence-corrected chi connectivity index (χ0v) is 12.9. The number of carbonyl (C=O) groups excluding carboxylic acids is 2. The lowest BCUT2D eigenvalue weighted by atomic mass is 10.0. The van der Waals surface area contributed by atoms with Crippen molar-refractivity contribution in [2.24, 2.45) is 0 Å². The highest BCUT2D eigenvalue weighted by molar-refractivity contribution is 6.34. The molecule has 0 bridgehead atoms. The van der Waals surface area contributed by atoms with Crippen molar-refractivity contribution in [2.45, 2.75) is 45.4 Å². The van der Waals surface area contributed by atoms with Gasteiger partial charge in [0.25, 0.3) is 0 Å². The Labute approximate surface area is 129 Å². The van der Waals surface area contributed by atoms with Crippen molar-refractivity contribution >= 4 is 23.4 Å². The van der Waals surface area contributed by atoms with Crippen molar-refractivity contribution in [3.8, 4) is 0 Å². The van der Waals surface area contributed by atoms with Gasteiger partial charge in [0.2, 0.25) is 0 Å². The van der Waals surface area contributed by atoms with Crippen LogP contribution in [-0.2, 0) is 9.53 Å². The summed E-state index contributed by atoms with van der Waals surface area (Å²) in [6.07, 6.45) is 3.73. The van der Waals surface area contributed by atoms with Crippen molar-refractivity contribution in [3.05, 3.63) is 34.6 Å². The third-order valence-corrected chi connectivity index (χ3v) is 3.40. The van der Waals surface area contributed by atoms with E-state index in [9.17, 15) is 14.0 Å². The molecule has 0 saturated heterocycles. The van der Waals surface area contributed by atoms with E-state index < -0.39 is 5.82 Å². The molecule has 5 heteroatoms. The van der Waals surface area contributed by atoms with E-state index in [0.717, 1.165) is 19.3 Å². The predicted octanol–water partition coefficient (Wildman–Crippen LogP) is 4.57. The molecule has 0 atom stereocenters. The van der Waals surface area contributed by atoms with E-state index in [1.54, 1.807) is 6.92 Å². The Morgan fingerprint density at radius 1 is 1.14 bits per heavy atom. The van der Waals surface area contributed by atoms with Gasteiger partial charge in [-0.15, -0.1) is 0 Å². The molecular formula is C16H20ClFO3. The first-order chi connectivity index (χ1) is 10.1. The van der Waals surface area contributed by atoms with Crippen LogP contribution in [0.3, 0.4) is 0 Å². The van der Waals surface area contributed by atoms with Crippen molar-refractivity contribution < 1.29 is 18.7 Å². The minimum atomic E-state index is -0.574. The highest BCUT2D eigenvalue weighted by Crippen LogP contribution is 2.21. The molecule has 1 rings (SSSR count). The largest absolute Gasteiger partial charge is 0.466 e. The molecule has 0 spiro atoms. The maximum atomic E-state index is 13.5. The average molecular weight is 315 g/mol. The molecule has 0 saturated carbocycles. The maximum absolute atomic E-state index is 13.5. The summed E-state index contributed by atoms with van der Waals surface area (Å²) >= 11 is 5.84. The summed E-state index contributed by atoms with van der Waals surface area (Å²) in [5, 5.41) is 0.155. The van der Waals surface area contributed by atoms with Crippen molar-refractivity contribution in [1.29, 1.82) is 0 Å². The van der Waals surface area contributed by atoms with Gasteiger partial charge in [-0.3, -0.25) is 9.59 Å². The molecule has 0 amide bonds. The van der Waals surface area contributed by atoms with Crippen LogP contribution in [0.4, 0.5) is 4.39 Å². The summed E-state index contributed by atoms with van der Waals surface area (Å²) in [4.78, 5) is 23.0. The van der Waals surface area contributed by atoms with Gasteiger partial charge in [-0.1, -0.05) is 30.5 Å². The number of ketones is 1. The molecule has 1 aromatic carbocycles. The van der Waals surface area contributed by atoms with E-state index in [0.29, 0.717) is 19.4 Å². The number of halogens is 2. The first kappa shape index (κ1) is 17.6. The zero-order chi connectivity index (χ0) is 15.7. The van der Waals surface area contributed by atoms with Crippen LogP contribution in [0.2, 0.25) is 5.02 Å². The van der Waals surface area contributed by atoms with Gasteiger partial charge in [-0.05, 0) is 31.9 Å². The van der Waals surface area contributed by atoms with E-state index >= 15 is 0 Å². The first-order valence-electron chi connectivity index (χ1n) is 7.19. The number of Topliss-reactive ketones (excluding diaryl/α,β-unsaturated/α-hetero) is 1. The number of hydrogen-bond donors (Lipinski definition) is 0. The van der Waals surface area contributed by atoms with Crippen LogP contribution in [0.5, 0.6) is 0 Å². The van der Waals surface area contributed by atoms with Crippen molar-refractivity contribution in [2.75, 3.05) is 6.61 Å². The van der Waals surface area contributed by atoms with Gasteiger partial charge in [0.05, 0.1) is 17.2 Å². The van der Waals surface area contributed by atoms with Gasteiger partial charge in [-0.25, -0.2) is 4.39 Å². The molecule has 0 heterocycles. The fraction of sp³-hybridized carbons (Fsp3) is 0.500. The summed E-state index contributed by atoms with van der Waals surface area (Å²) in [5.41, 5.74) is -0.0225. The maximum Gasteiger partial charge on any atom is 0.305 e. The fourth-order valence-electron chi connectivity index (χ4n) is 2.03. The van der Waals surface area contributed by atoms with Gasteiger partial charge in [0.1, 0.15) is 5.82 Å². The van der Waals surface area contributed by atoms with Crippen LogP contribution in [-0.4, -0.2) is 18.4 Å². The Hall–Kier alpha value is -1.42. The summed E-state index contributed by atoms with van der Waals surface area (Å²) < 4.78 is 18.4. The van der Waals surface area contributed by atoms with Gasteiger partial charge < -0.3 is 4.74 Å². The third kappa shape index (κ3) is 6.25. The first-order valence-corrected chi connectivity index (χ1v) is 7.57. The minimum absolute atomic E-state index is 0.0225. The Kier molecular flexibility index (Phi) is 7.98. The minimum Gasteiger partial charge on any atom is -0.466 e. The standard InChI is InChI=1S/C16H20ClFO3/c1-2-21-15(20)11-6-4-3-5-10-14(19)16-12(17)8-7-9-13(16)18/h7-9H,2-6,10-11H2,1H3. The SMILES string of the molecule is CCOC(=O)CCCCCCC(=O)c1c(F)cccc1Cl. The molecule has 0 unspecified atom stereocenters. The van der Waals surface area contributed by atoms with E-state index in [1.165, 1.54) is 18.2 Å². The van der Waals surface area contributed by atoms with Gasteiger partial charge in [0.15, 0.2) is 5.78 Å². The van der Waals surface area contributed by atoms with E-state index in [-0.39, 0.29) is 28.8 Å². The molecule has 1 aromatic rings. The lowest BCUT2D eigenvalue weighted by molar-refractivity contribution is -0.143. The summed E-state index contributed by atoms with van der Waals surface area (Å²) in [6, 6.07) is 4.22. The molecule has 0 radical (unpaired) electrons. The number of ether oxygens (including phenoxy) is 1. The monoisotopic (exact) mass is 314 g/mol. The normalized spacial score (nSPS) is 10.4. The van der Waals surface area contributed by atoms with Crippen LogP contribution in [0.15, 0.2) is 18.2 Å². The molecule has 21 heavy (non-hydrogen) atoms. The lowest BCUT2D eigenvalue weighted by Gasteiger charge is -2.05. The smallest absolute Gasteiger partial charge is 0.305 e. The highest BCUT2D eigenvalue weighted by Gasteiger charge is 2.14. The average Bonchev–Trinajstić information content (AvgIpc) is 2.42. The molecule has 0 aromatic heterocycles. The number of rotatable bonds is 9. The Morgan fingerprint density at radius 2 is 1.81 bits per heavy atom. The topological polar surface area (TPSA) is 43.4 Å². The number of hydrogen-bond acceptors (Lipinski definition) is 3. The number of unbranched alkanes of at least 4 members (excludes halogenated alkanes) is 3. The lowest BCUT2D eigenvalue weighted by Crippen LogP contribution is -2.04. The Bertz CT molecular complexity index is 468. The second-order valence-corrected chi connectivity index (χ2v) is 5.15. The molecule has 0 aliphatic rings. The van der Waals surface area contributed by atoms with Crippen molar-refractivity contribution in [3.63, 3.8) is 0 Å². The number of esters is 1. The molecule has 0 aliphatic carbocycles. The van der Waals surface area contributed by atoms with Crippen LogP contribution < -0.4 is 0 Å². The second-order valence-electron chi connectivity index (χ2n) is 4.74. The van der Waals surface area contributed by atoms with E-state index in [4.69, 9.17) is 16.3 Å². The third-order valence-electron chi connectivity index (χ3n) is 3.08. The summed E-state index contributed by atoms with van der Waals surface area (Å²) in [5.74, 6) is -1.04. The molecule has 116 valence electrons. The highest BCUT2D eigenvalue weighted by atomic mass is 35.5. The van der Waals surface area contributed by atoms with E-state index in [1.807, 2.05) is 0 Å². The Balaban J connectivity index is 2.24. The van der Waals surface area contributed by atoms with Gasteiger partial charge in [-0.2, -0.15) is 0 Å². The quantitative estimate of drug-likeness (QED) is 0.381. The number of carbonyl (C=O) groups is 2. The zero-order valence-electron chi connectivity index (χ0n) is 12.2. The second kappa shape index (κ2) is 9.50. The van der Waals surface area contributed by atoms with Crippen LogP contribution >= 0.6 is 11.6 Å². The van der Waals surface area contributed by atoms with Crippen LogP contribution in [0, 0.1) is 5.82 Å². The Morgan fingerprint density at radius 3 is 2.43 bits per heavy atom. The van der Waals surface area contributed by atoms with Gasteiger partial charge in [0, 0.05) is 12.8 Å². The molecule has 0 aliphatic heterocycles. The molecule has 0 fully saturated rings. The fourth-order valence-corrected chi connectivity index (χ4v) is 2.30. The van der Waals surface area contributed by atoms with E-state index in [2.05, 4.69) is 0 Å². The predicted molar refractivity (Wildman–Crippen MR) is 80.1 cm³/mol. The summed E-state index contributed by atoms with van der Waals surface area (Å²) in [6.45, 7) is 2.17. The molecule has 0 N–H and O–H groups in total. The number of benzene rings is 1. The summed E-state index contributed by atoms with van der Waals surface area (Å²) in [7, 11) is 0. The van der Waals surface area contributed by atoms with Crippen LogP contribution in [0.25, 0.3) is 0 Å². The molecular weight excluding hydrogens is 295 g/mol. The van der Waals surface area contributed by atoms with Crippen LogP contribution in [0.1, 0.15) is 55.8 Å². The van der Waals surface area contributed by atoms with Crippen molar-refractivity contribution in [1.82, 2.24) is 0 Å². The van der Waals surface area contributed by atoms with Gasteiger partial charge >= 0.3 is 5.97 Å².